The van der Waals surface area contributed by atoms with E-state index in [-0.39, 0.29) is 5.91 Å². The first kappa shape index (κ1) is 15.8. The first-order chi connectivity index (χ1) is 10.7. The number of amides is 1. The third-order valence-electron chi connectivity index (χ3n) is 3.04. The van der Waals surface area contributed by atoms with E-state index in [0.717, 1.165) is 18.7 Å². The highest BCUT2D eigenvalue weighted by atomic mass is 16.5. The highest BCUT2D eigenvalue weighted by Crippen LogP contribution is 2.11. The zero-order chi connectivity index (χ0) is 15.8. The van der Waals surface area contributed by atoms with Gasteiger partial charge in [-0.1, -0.05) is 17.7 Å². The molecule has 0 spiro atoms. The van der Waals surface area contributed by atoms with E-state index in [1.807, 2.05) is 31.2 Å². The molecule has 0 atom stereocenters. The van der Waals surface area contributed by atoms with Crippen molar-refractivity contribution in [3.8, 4) is 5.75 Å². The average molecular weight is 300 g/mol. The first-order valence-electron chi connectivity index (χ1n) is 7.18. The lowest BCUT2D eigenvalue weighted by Gasteiger charge is -2.08. The molecule has 116 valence electrons. The zero-order valence-electron chi connectivity index (χ0n) is 12.8. The number of carbonyl (C=O) groups excluding carboxylic acids is 1. The number of carbonyl (C=O) groups is 1. The van der Waals surface area contributed by atoms with E-state index in [0.29, 0.717) is 18.1 Å². The normalized spacial score (nSPS) is 10.1. The minimum atomic E-state index is -0.245. The van der Waals surface area contributed by atoms with Crippen LogP contribution in [0.15, 0.2) is 36.4 Å². The van der Waals surface area contributed by atoms with E-state index < -0.39 is 0 Å². The Morgan fingerprint density at radius 3 is 2.55 bits per heavy atom. The molecule has 1 aromatic carbocycles. The van der Waals surface area contributed by atoms with Crippen LogP contribution in [0.25, 0.3) is 0 Å². The van der Waals surface area contributed by atoms with Crippen molar-refractivity contribution < 1.29 is 9.53 Å². The summed E-state index contributed by atoms with van der Waals surface area (Å²) in [5.41, 5.74) is 1.52. The van der Waals surface area contributed by atoms with Gasteiger partial charge in [-0.05, 0) is 37.6 Å². The summed E-state index contributed by atoms with van der Waals surface area (Å²) in [6.45, 7) is 3.39. The van der Waals surface area contributed by atoms with Crippen LogP contribution in [0.2, 0.25) is 0 Å². The second-order valence-electron chi connectivity index (χ2n) is 4.82. The molecular weight excluding hydrogens is 280 g/mol. The average Bonchev–Trinajstić information content (AvgIpc) is 2.56. The molecule has 0 unspecified atom stereocenters. The number of nitrogens with one attached hydrogen (secondary N) is 2. The number of ether oxygens (including phenoxy) is 1. The quantitative estimate of drug-likeness (QED) is 0.765. The number of aryl methyl sites for hydroxylation is 1. The molecule has 1 amide bonds. The fraction of sp³-hybridized carbons (Fsp3) is 0.312. The van der Waals surface area contributed by atoms with Crippen LogP contribution in [0.3, 0.4) is 0 Å². The molecule has 0 fully saturated rings. The lowest BCUT2D eigenvalue weighted by atomic mass is 10.2. The summed E-state index contributed by atoms with van der Waals surface area (Å²) in [6.07, 6.45) is 0.840. The van der Waals surface area contributed by atoms with Gasteiger partial charge in [0.2, 0.25) is 0 Å². The van der Waals surface area contributed by atoms with Gasteiger partial charge in [-0.25, -0.2) is 0 Å². The fourth-order valence-corrected chi connectivity index (χ4v) is 1.79. The molecule has 0 saturated carbocycles. The summed E-state index contributed by atoms with van der Waals surface area (Å²) in [5.74, 6) is 1.27. The molecule has 2 rings (SSSR count). The van der Waals surface area contributed by atoms with Gasteiger partial charge < -0.3 is 15.4 Å². The molecule has 1 aromatic heterocycles. The maximum atomic E-state index is 11.3. The van der Waals surface area contributed by atoms with Gasteiger partial charge in [-0.3, -0.25) is 4.79 Å². The number of benzene rings is 1. The van der Waals surface area contributed by atoms with Crippen LogP contribution in [0.4, 0.5) is 5.82 Å². The molecule has 0 saturated heterocycles. The Balaban J connectivity index is 1.68. The highest BCUT2D eigenvalue weighted by Gasteiger charge is 2.04. The molecule has 0 aliphatic rings. The second kappa shape index (κ2) is 7.97. The van der Waals surface area contributed by atoms with Crippen LogP contribution in [-0.4, -0.2) is 36.3 Å². The van der Waals surface area contributed by atoms with Crippen LogP contribution in [0.5, 0.6) is 5.75 Å². The highest BCUT2D eigenvalue weighted by molar-refractivity contribution is 5.91. The Hall–Kier alpha value is -2.63. The van der Waals surface area contributed by atoms with Crippen molar-refractivity contribution in [2.75, 3.05) is 25.5 Å². The van der Waals surface area contributed by atoms with Crippen LogP contribution < -0.4 is 15.4 Å². The Bertz CT molecular complexity index is 597. The van der Waals surface area contributed by atoms with Crippen LogP contribution in [-0.2, 0) is 0 Å². The zero-order valence-corrected chi connectivity index (χ0v) is 12.8. The van der Waals surface area contributed by atoms with Gasteiger partial charge in [0, 0.05) is 13.6 Å². The van der Waals surface area contributed by atoms with Crippen molar-refractivity contribution in [2.24, 2.45) is 0 Å². The minimum Gasteiger partial charge on any atom is -0.494 e. The molecular formula is C16H20N4O2. The van der Waals surface area contributed by atoms with Crippen molar-refractivity contribution in [1.29, 1.82) is 0 Å². The van der Waals surface area contributed by atoms with E-state index in [9.17, 15) is 4.79 Å². The summed E-state index contributed by atoms with van der Waals surface area (Å²) in [4.78, 5) is 11.3. The van der Waals surface area contributed by atoms with Gasteiger partial charge in [0.25, 0.3) is 5.91 Å². The SMILES string of the molecule is CNC(=O)c1ccc(NCCCOc2ccc(C)cc2)nn1. The molecule has 0 bridgehead atoms. The van der Waals surface area contributed by atoms with E-state index >= 15 is 0 Å². The molecule has 2 aromatic rings. The molecule has 0 aliphatic heterocycles. The predicted octanol–water partition coefficient (Wildman–Crippen LogP) is 2.03. The largest absolute Gasteiger partial charge is 0.494 e. The van der Waals surface area contributed by atoms with Crippen molar-refractivity contribution in [1.82, 2.24) is 15.5 Å². The fourth-order valence-electron chi connectivity index (χ4n) is 1.79. The number of hydrogen-bond donors (Lipinski definition) is 2. The van der Waals surface area contributed by atoms with Gasteiger partial charge in [0.15, 0.2) is 5.69 Å². The van der Waals surface area contributed by atoms with Gasteiger partial charge in [-0.2, -0.15) is 0 Å². The van der Waals surface area contributed by atoms with Crippen LogP contribution in [0.1, 0.15) is 22.5 Å². The third-order valence-corrected chi connectivity index (χ3v) is 3.04. The Labute approximate surface area is 129 Å². The van der Waals surface area contributed by atoms with E-state index in [1.165, 1.54) is 5.56 Å². The number of rotatable bonds is 7. The lowest BCUT2D eigenvalue weighted by Crippen LogP contribution is -2.20. The van der Waals surface area contributed by atoms with Crippen LogP contribution >= 0.6 is 0 Å². The van der Waals surface area contributed by atoms with Crippen molar-refractivity contribution in [3.63, 3.8) is 0 Å². The molecule has 22 heavy (non-hydrogen) atoms. The smallest absolute Gasteiger partial charge is 0.271 e. The Kier molecular flexibility index (Phi) is 5.71. The van der Waals surface area contributed by atoms with Gasteiger partial charge >= 0.3 is 0 Å². The van der Waals surface area contributed by atoms with E-state index in [2.05, 4.69) is 20.8 Å². The number of aromatic nitrogens is 2. The monoisotopic (exact) mass is 300 g/mol. The summed E-state index contributed by atoms with van der Waals surface area (Å²) in [5, 5.41) is 13.4. The third kappa shape index (κ3) is 4.73. The van der Waals surface area contributed by atoms with Gasteiger partial charge in [0.05, 0.1) is 6.61 Å². The summed E-state index contributed by atoms with van der Waals surface area (Å²) in [7, 11) is 1.56. The lowest BCUT2D eigenvalue weighted by molar-refractivity contribution is 0.0957. The maximum Gasteiger partial charge on any atom is 0.271 e. The topological polar surface area (TPSA) is 76.1 Å². The number of nitrogens with zero attached hydrogens (tertiary/aromatic N) is 2. The summed E-state index contributed by atoms with van der Waals surface area (Å²) in [6, 6.07) is 11.3. The summed E-state index contributed by atoms with van der Waals surface area (Å²) < 4.78 is 5.64. The van der Waals surface area contributed by atoms with Crippen molar-refractivity contribution in [2.45, 2.75) is 13.3 Å². The summed E-state index contributed by atoms with van der Waals surface area (Å²) >= 11 is 0. The van der Waals surface area contributed by atoms with Crippen molar-refractivity contribution in [3.05, 3.63) is 47.7 Å². The van der Waals surface area contributed by atoms with Crippen LogP contribution in [0, 0.1) is 6.92 Å². The van der Waals surface area contributed by atoms with E-state index in [1.54, 1.807) is 19.2 Å². The second-order valence-corrected chi connectivity index (χ2v) is 4.82. The Morgan fingerprint density at radius 1 is 1.14 bits per heavy atom. The van der Waals surface area contributed by atoms with Gasteiger partial charge in [-0.15, -0.1) is 10.2 Å². The molecule has 0 aliphatic carbocycles. The predicted molar refractivity (Wildman–Crippen MR) is 85.2 cm³/mol. The minimum absolute atomic E-state index is 0.245. The molecule has 2 N–H and O–H groups in total. The van der Waals surface area contributed by atoms with E-state index in [4.69, 9.17) is 4.74 Å². The van der Waals surface area contributed by atoms with Gasteiger partial charge in [0.1, 0.15) is 11.6 Å². The first-order valence-corrected chi connectivity index (χ1v) is 7.18. The maximum absolute atomic E-state index is 11.3. The molecule has 6 heteroatoms. The molecule has 6 nitrogen and oxygen atoms in total. The number of anilines is 1. The molecule has 1 heterocycles. The Morgan fingerprint density at radius 2 is 1.91 bits per heavy atom. The molecule has 0 radical (unpaired) electrons. The standard InChI is InChI=1S/C16H20N4O2/c1-12-4-6-13(7-5-12)22-11-3-10-18-15-9-8-14(19-20-15)16(21)17-2/h4-9H,3,10-11H2,1-2H3,(H,17,21)(H,18,20). The van der Waals surface area contributed by atoms with Crippen molar-refractivity contribution >= 4 is 11.7 Å². The number of hydrogen-bond acceptors (Lipinski definition) is 5.